The Bertz CT molecular complexity index is 111. The van der Waals surface area contributed by atoms with Gasteiger partial charge in [-0.25, -0.2) is 4.39 Å². The molecule has 9 heavy (non-hydrogen) atoms. The van der Waals surface area contributed by atoms with E-state index in [1.807, 2.05) is 0 Å². The summed E-state index contributed by atoms with van der Waals surface area (Å²) in [5.74, 6) is -1.86. The smallest absolute Gasteiger partial charge is 0.232 e. The van der Waals surface area contributed by atoms with Crippen molar-refractivity contribution in [2.45, 2.75) is 24.7 Å². The van der Waals surface area contributed by atoms with Crippen LogP contribution < -0.4 is 0 Å². The molecule has 2 nitrogen and oxygen atoms in total. The molecule has 50 valence electrons. The normalized spacial score (nSPS) is 43.6. The molecule has 0 aliphatic carbocycles. The number of rotatable bonds is 1. The third kappa shape index (κ3) is 1.43. The second-order valence-corrected chi connectivity index (χ2v) is 2.24. The first-order chi connectivity index (χ1) is 4.16. The minimum absolute atomic E-state index is 0.199. The number of hydrogen-bond acceptors (Lipinski definition) is 2. The van der Waals surface area contributed by atoms with Crippen molar-refractivity contribution in [3.63, 3.8) is 0 Å². The highest BCUT2D eigenvalue weighted by molar-refractivity contribution is 6.11. The summed E-state index contributed by atoms with van der Waals surface area (Å²) in [5, 5.41) is 8.39. The molecule has 0 amide bonds. The van der Waals surface area contributed by atoms with Crippen LogP contribution in [0.5, 0.6) is 0 Å². The molecule has 1 heterocycles. The number of ether oxygens (including phenoxy) is 1. The van der Waals surface area contributed by atoms with E-state index in [2.05, 4.69) is 4.74 Å². The molecule has 1 N–H and O–H groups in total. The van der Waals surface area contributed by atoms with Gasteiger partial charge in [-0.1, -0.05) is 0 Å². The zero-order valence-corrected chi connectivity index (χ0v) is 5.01. The van der Waals surface area contributed by atoms with Crippen LogP contribution in [0.15, 0.2) is 0 Å². The molecule has 2 radical (unpaired) electrons. The molecule has 1 aliphatic rings. The second-order valence-electron chi connectivity index (χ2n) is 2.24. The summed E-state index contributed by atoms with van der Waals surface area (Å²) in [7, 11) is 5.21. The third-order valence-corrected chi connectivity index (χ3v) is 1.40. The molecule has 2 atom stereocenters. The van der Waals surface area contributed by atoms with Crippen LogP contribution >= 0.6 is 0 Å². The summed E-state index contributed by atoms with van der Waals surface area (Å²) in [4.78, 5) is 0. The van der Waals surface area contributed by atoms with Gasteiger partial charge in [0, 0.05) is 12.4 Å². The van der Waals surface area contributed by atoms with Gasteiger partial charge in [-0.3, -0.25) is 0 Å². The molecular formula is C5H8BFO2. The van der Waals surface area contributed by atoms with Gasteiger partial charge in [0.15, 0.2) is 0 Å². The van der Waals surface area contributed by atoms with Gasteiger partial charge in [-0.2, -0.15) is 0 Å². The van der Waals surface area contributed by atoms with Gasteiger partial charge in [-0.15, -0.1) is 0 Å². The molecule has 0 bridgehead atoms. The Morgan fingerprint density at radius 2 is 2.56 bits per heavy atom. The summed E-state index contributed by atoms with van der Waals surface area (Å²) in [6.07, 6.45) is 0.682. The van der Waals surface area contributed by atoms with Gasteiger partial charge in [0.2, 0.25) is 5.85 Å². The predicted molar refractivity (Wildman–Crippen MR) is 30.8 cm³/mol. The maximum absolute atomic E-state index is 12.7. The van der Waals surface area contributed by atoms with Gasteiger partial charge in [-0.05, 0) is 6.42 Å². The average molecular weight is 130 g/mol. The Morgan fingerprint density at radius 3 is 2.78 bits per heavy atom. The summed E-state index contributed by atoms with van der Waals surface area (Å²) in [5.41, 5.74) is 0. The molecule has 0 aromatic heterocycles. The highest BCUT2D eigenvalue weighted by atomic mass is 19.2. The first-order valence-corrected chi connectivity index (χ1v) is 2.89. The zero-order valence-electron chi connectivity index (χ0n) is 5.01. The van der Waals surface area contributed by atoms with E-state index >= 15 is 0 Å². The highest BCUT2D eigenvalue weighted by Crippen LogP contribution is 2.29. The largest absolute Gasteiger partial charge is 0.390 e. The number of halogens is 1. The van der Waals surface area contributed by atoms with Crippen LogP contribution in [-0.4, -0.2) is 31.4 Å². The van der Waals surface area contributed by atoms with E-state index in [0.717, 1.165) is 0 Å². The van der Waals surface area contributed by atoms with E-state index in [-0.39, 0.29) is 6.42 Å². The van der Waals surface area contributed by atoms with E-state index in [0.29, 0.717) is 6.42 Å². The highest BCUT2D eigenvalue weighted by Gasteiger charge is 2.37. The molecule has 1 fully saturated rings. The Labute approximate surface area is 54.4 Å². The molecule has 0 spiro atoms. The number of aliphatic hydroxyl groups excluding tert-OH is 1. The van der Waals surface area contributed by atoms with Crippen molar-refractivity contribution in [2.24, 2.45) is 0 Å². The minimum Gasteiger partial charge on any atom is -0.390 e. The van der Waals surface area contributed by atoms with Crippen molar-refractivity contribution >= 4 is 7.85 Å². The second kappa shape index (κ2) is 2.27. The van der Waals surface area contributed by atoms with Gasteiger partial charge >= 0.3 is 0 Å². The van der Waals surface area contributed by atoms with Crippen LogP contribution in [0.1, 0.15) is 12.8 Å². The van der Waals surface area contributed by atoms with Crippen LogP contribution in [0, 0.1) is 0 Å². The van der Waals surface area contributed by atoms with Crippen LogP contribution in [-0.2, 0) is 4.74 Å². The van der Waals surface area contributed by atoms with Crippen LogP contribution in [0.3, 0.4) is 0 Å². The molecule has 1 saturated heterocycles. The molecule has 1 rings (SSSR count). The fourth-order valence-corrected chi connectivity index (χ4v) is 0.863. The molecule has 0 saturated carbocycles. The molecule has 4 heteroatoms. The van der Waals surface area contributed by atoms with E-state index in [4.69, 9.17) is 13.0 Å². The number of aliphatic hydroxyl groups is 1. The van der Waals surface area contributed by atoms with Gasteiger partial charge in [0.25, 0.3) is 0 Å². The van der Waals surface area contributed by atoms with E-state index in [9.17, 15) is 4.39 Å². The van der Waals surface area contributed by atoms with Crippen molar-refractivity contribution in [2.75, 3.05) is 6.61 Å². The fraction of sp³-hybridized carbons (Fsp3) is 1.00. The van der Waals surface area contributed by atoms with Crippen LogP contribution in [0.25, 0.3) is 0 Å². The Hall–Kier alpha value is -0.0851. The van der Waals surface area contributed by atoms with Gasteiger partial charge in [0.1, 0.15) is 14.5 Å². The van der Waals surface area contributed by atoms with Crippen LogP contribution in [0.4, 0.5) is 4.39 Å². The molecular weight excluding hydrogens is 122 g/mol. The first kappa shape index (κ1) is 7.03. The Balaban J connectivity index is 2.45. The average Bonchev–Trinajstić information content (AvgIpc) is 2.13. The minimum atomic E-state index is -1.86. The monoisotopic (exact) mass is 130 g/mol. The third-order valence-electron chi connectivity index (χ3n) is 1.40. The number of alkyl halides is 1. The lowest BCUT2D eigenvalue weighted by atomic mass is 9.97. The Kier molecular flexibility index (Phi) is 1.77. The molecule has 0 unspecified atom stereocenters. The van der Waals surface area contributed by atoms with Crippen molar-refractivity contribution < 1.29 is 14.2 Å². The SMILES string of the molecule is [B][C@H]1CC[C@@](F)(CO)O1. The van der Waals surface area contributed by atoms with E-state index < -0.39 is 18.5 Å². The summed E-state index contributed by atoms with van der Waals surface area (Å²) in [6.45, 7) is -0.597. The first-order valence-electron chi connectivity index (χ1n) is 2.89. The van der Waals surface area contributed by atoms with Crippen molar-refractivity contribution in [3.05, 3.63) is 0 Å². The van der Waals surface area contributed by atoms with E-state index in [1.54, 1.807) is 0 Å². The quantitative estimate of drug-likeness (QED) is 0.504. The number of hydrogen-bond donors (Lipinski definition) is 1. The van der Waals surface area contributed by atoms with Gasteiger partial charge in [0.05, 0.1) is 0 Å². The maximum atomic E-state index is 12.7. The van der Waals surface area contributed by atoms with Crippen molar-refractivity contribution in [1.82, 2.24) is 0 Å². The standard InChI is InChI=1S/C5H8BFO2/c6-4-1-2-5(7,3-8)9-4/h4,8H,1-3H2/t4-,5+/m1/s1. The Morgan fingerprint density at radius 1 is 1.89 bits per heavy atom. The maximum Gasteiger partial charge on any atom is 0.232 e. The predicted octanol–water partition coefficient (Wildman–Crippen LogP) is -0.0505. The van der Waals surface area contributed by atoms with Crippen molar-refractivity contribution in [1.29, 1.82) is 0 Å². The summed E-state index contributed by atoms with van der Waals surface area (Å²) in [6, 6.07) is -0.540. The van der Waals surface area contributed by atoms with Gasteiger partial charge < -0.3 is 9.84 Å². The fourth-order valence-electron chi connectivity index (χ4n) is 0.863. The summed E-state index contributed by atoms with van der Waals surface area (Å²) < 4.78 is 17.3. The lowest BCUT2D eigenvalue weighted by Crippen LogP contribution is -2.27. The summed E-state index contributed by atoms with van der Waals surface area (Å²) >= 11 is 0. The molecule has 0 aromatic carbocycles. The molecule has 1 aliphatic heterocycles. The zero-order chi connectivity index (χ0) is 6.91. The van der Waals surface area contributed by atoms with Crippen LogP contribution in [0.2, 0.25) is 0 Å². The van der Waals surface area contributed by atoms with E-state index in [1.165, 1.54) is 0 Å². The van der Waals surface area contributed by atoms with Crippen molar-refractivity contribution in [3.8, 4) is 0 Å². The molecule has 0 aromatic rings. The lowest BCUT2D eigenvalue weighted by Gasteiger charge is -2.15. The lowest BCUT2D eigenvalue weighted by molar-refractivity contribution is -0.144. The topological polar surface area (TPSA) is 29.5 Å².